The topological polar surface area (TPSA) is 74.7 Å². The van der Waals surface area contributed by atoms with Crippen LogP contribution in [0.2, 0.25) is 0 Å². The van der Waals surface area contributed by atoms with Crippen molar-refractivity contribution in [1.82, 2.24) is 4.90 Å². The summed E-state index contributed by atoms with van der Waals surface area (Å²) in [5.41, 5.74) is -2.06. The van der Waals surface area contributed by atoms with Crippen LogP contribution in [0.3, 0.4) is 0 Å². The molecule has 5 heteroatoms. The van der Waals surface area contributed by atoms with Gasteiger partial charge in [-0.2, -0.15) is 0 Å². The van der Waals surface area contributed by atoms with Gasteiger partial charge in [-0.05, 0) is 12.8 Å². The van der Waals surface area contributed by atoms with Crippen LogP contribution in [-0.4, -0.2) is 33.3 Å². The largest absolute Gasteiger partial charge is 0.479 e. The fourth-order valence-electron chi connectivity index (χ4n) is 3.05. The number of imide groups is 1. The number of rotatable bonds is 2. The van der Waals surface area contributed by atoms with E-state index in [-0.39, 0.29) is 18.2 Å². The number of carboxylic acids is 1. The molecule has 18 heavy (non-hydrogen) atoms. The van der Waals surface area contributed by atoms with Crippen LogP contribution in [0.15, 0.2) is 0 Å². The molecule has 1 saturated carbocycles. The smallest absolute Gasteiger partial charge is 0.330 e. The molecule has 0 spiro atoms. The van der Waals surface area contributed by atoms with Crippen LogP contribution in [0.4, 0.5) is 0 Å². The summed E-state index contributed by atoms with van der Waals surface area (Å²) in [7, 11) is 0. The Kier molecular flexibility index (Phi) is 2.95. The summed E-state index contributed by atoms with van der Waals surface area (Å²) >= 11 is 0. The number of nitrogens with zero attached hydrogens (tertiary/aromatic N) is 1. The zero-order valence-electron chi connectivity index (χ0n) is 10.9. The minimum atomic E-state index is -1.29. The number of carbonyl (C=O) groups is 3. The highest BCUT2D eigenvalue weighted by Crippen LogP contribution is 2.42. The second kappa shape index (κ2) is 4.07. The molecule has 1 heterocycles. The van der Waals surface area contributed by atoms with E-state index in [0.29, 0.717) is 12.8 Å². The van der Waals surface area contributed by atoms with Gasteiger partial charge in [0.2, 0.25) is 11.8 Å². The molecule has 0 aromatic carbocycles. The Morgan fingerprint density at radius 1 is 1.17 bits per heavy atom. The summed E-state index contributed by atoms with van der Waals surface area (Å²) in [4.78, 5) is 37.0. The van der Waals surface area contributed by atoms with E-state index in [1.54, 1.807) is 13.8 Å². The molecular formula is C13H19NO4. The first-order valence-electron chi connectivity index (χ1n) is 6.42. The quantitative estimate of drug-likeness (QED) is 0.758. The van der Waals surface area contributed by atoms with Crippen molar-refractivity contribution in [1.29, 1.82) is 0 Å². The van der Waals surface area contributed by atoms with Crippen molar-refractivity contribution in [3.63, 3.8) is 0 Å². The molecule has 1 N–H and O–H groups in total. The summed E-state index contributed by atoms with van der Waals surface area (Å²) in [6, 6.07) is 0. The van der Waals surface area contributed by atoms with Gasteiger partial charge in [0.05, 0.1) is 5.41 Å². The molecule has 0 aromatic heterocycles. The van der Waals surface area contributed by atoms with Crippen molar-refractivity contribution >= 4 is 17.8 Å². The number of hydrogen-bond donors (Lipinski definition) is 1. The number of likely N-dealkylation sites (tertiary alicyclic amines) is 1. The molecule has 0 radical (unpaired) electrons. The van der Waals surface area contributed by atoms with Gasteiger partial charge in [0.25, 0.3) is 0 Å². The minimum absolute atomic E-state index is 0.112. The van der Waals surface area contributed by atoms with E-state index in [4.69, 9.17) is 0 Å². The van der Waals surface area contributed by atoms with Crippen LogP contribution >= 0.6 is 0 Å². The molecule has 2 rings (SSSR count). The van der Waals surface area contributed by atoms with Gasteiger partial charge in [-0.3, -0.25) is 14.5 Å². The molecule has 100 valence electrons. The van der Waals surface area contributed by atoms with Crippen LogP contribution in [0.5, 0.6) is 0 Å². The first kappa shape index (κ1) is 13.1. The lowest BCUT2D eigenvalue weighted by Crippen LogP contribution is -2.58. The van der Waals surface area contributed by atoms with E-state index < -0.39 is 16.9 Å². The summed E-state index contributed by atoms with van der Waals surface area (Å²) in [6.45, 7) is 3.40. The third-order valence-electron chi connectivity index (χ3n) is 4.13. The van der Waals surface area contributed by atoms with Crippen molar-refractivity contribution in [2.45, 2.75) is 57.9 Å². The van der Waals surface area contributed by atoms with Crippen molar-refractivity contribution in [3.8, 4) is 0 Å². The Labute approximate surface area is 106 Å². The second-order valence-electron chi connectivity index (χ2n) is 5.99. The summed E-state index contributed by atoms with van der Waals surface area (Å²) in [6.07, 6.45) is 3.36. The molecule has 1 aliphatic carbocycles. The highest BCUT2D eigenvalue weighted by Gasteiger charge is 2.57. The van der Waals surface area contributed by atoms with Crippen LogP contribution in [0.1, 0.15) is 52.4 Å². The highest BCUT2D eigenvalue weighted by molar-refractivity contribution is 6.09. The summed E-state index contributed by atoms with van der Waals surface area (Å²) in [5, 5.41) is 9.51. The summed E-state index contributed by atoms with van der Waals surface area (Å²) < 4.78 is 0. The first-order valence-corrected chi connectivity index (χ1v) is 6.42. The number of carboxylic acid groups (broad SMARTS) is 1. The molecule has 1 aliphatic heterocycles. The van der Waals surface area contributed by atoms with Gasteiger partial charge >= 0.3 is 5.97 Å². The molecule has 0 aromatic rings. The lowest BCUT2D eigenvalue weighted by Gasteiger charge is -2.40. The van der Waals surface area contributed by atoms with E-state index in [1.165, 1.54) is 0 Å². The van der Waals surface area contributed by atoms with Crippen LogP contribution in [0.25, 0.3) is 0 Å². The van der Waals surface area contributed by atoms with Gasteiger partial charge in [-0.15, -0.1) is 0 Å². The third-order valence-corrected chi connectivity index (χ3v) is 4.13. The predicted molar refractivity (Wildman–Crippen MR) is 63.7 cm³/mol. The standard InChI is InChI=1S/C13H19NO4/c1-12(2)8-9(15)14(10(12)16)13(11(17)18)6-4-3-5-7-13/h3-8H2,1-2H3,(H,17,18). The minimum Gasteiger partial charge on any atom is -0.479 e. The van der Waals surface area contributed by atoms with Crippen LogP contribution < -0.4 is 0 Å². The lowest BCUT2D eigenvalue weighted by molar-refractivity contribution is -0.166. The second-order valence-corrected chi connectivity index (χ2v) is 5.99. The van der Waals surface area contributed by atoms with Gasteiger partial charge in [0, 0.05) is 6.42 Å². The molecule has 1 saturated heterocycles. The van der Waals surface area contributed by atoms with Crippen molar-refractivity contribution in [2.24, 2.45) is 5.41 Å². The Morgan fingerprint density at radius 2 is 1.72 bits per heavy atom. The zero-order valence-corrected chi connectivity index (χ0v) is 10.9. The van der Waals surface area contributed by atoms with Crippen LogP contribution in [0, 0.1) is 5.41 Å². The van der Waals surface area contributed by atoms with Gasteiger partial charge in [0.1, 0.15) is 5.54 Å². The van der Waals surface area contributed by atoms with Gasteiger partial charge in [0.15, 0.2) is 0 Å². The SMILES string of the molecule is CC1(C)CC(=O)N(C2(C(=O)O)CCCCC2)C1=O. The number of carbonyl (C=O) groups excluding carboxylic acids is 2. The maximum atomic E-state index is 12.3. The van der Waals surface area contributed by atoms with Crippen LogP contribution in [-0.2, 0) is 14.4 Å². The molecule has 5 nitrogen and oxygen atoms in total. The van der Waals surface area contributed by atoms with E-state index in [0.717, 1.165) is 24.2 Å². The van der Waals surface area contributed by atoms with Crippen molar-refractivity contribution in [3.05, 3.63) is 0 Å². The molecule has 2 aliphatic rings. The normalized spacial score (nSPS) is 26.4. The number of amides is 2. The number of aliphatic carboxylic acids is 1. The molecule has 2 amide bonds. The van der Waals surface area contributed by atoms with E-state index in [1.807, 2.05) is 0 Å². The van der Waals surface area contributed by atoms with E-state index >= 15 is 0 Å². The lowest BCUT2D eigenvalue weighted by atomic mass is 9.80. The Morgan fingerprint density at radius 3 is 2.11 bits per heavy atom. The van der Waals surface area contributed by atoms with Gasteiger partial charge in [-0.1, -0.05) is 33.1 Å². The predicted octanol–water partition coefficient (Wildman–Crippen LogP) is 1.56. The monoisotopic (exact) mass is 253 g/mol. The average molecular weight is 253 g/mol. The van der Waals surface area contributed by atoms with Crippen molar-refractivity contribution in [2.75, 3.05) is 0 Å². The molecule has 2 fully saturated rings. The third kappa shape index (κ3) is 1.72. The molecule has 0 unspecified atom stereocenters. The number of hydrogen-bond acceptors (Lipinski definition) is 3. The van der Waals surface area contributed by atoms with Crippen molar-refractivity contribution < 1.29 is 19.5 Å². The maximum Gasteiger partial charge on any atom is 0.330 e. The Bertz CT molecular complexity index is 407. The molecular weight excluding hydrogens is 234 g/mol. The Hall–Kier alpha value is -1.39. The highest BCUT2D eigenvalue weighted by atomic mass is 16.4. The Balaban J connectivity index is 2.41. The maximum absolute atomic E-state index is 12.3. The van der Waals surface area contributed by atoms with Gasteiger partial charge in [-0.25, -0.2) is 4.79 Å². The van der Waals surface area contributed by atoms with E-state index in [2.05, 4.69) is 0 Å². The van der Waals surface area contributed by atoms with Gasteiger partial charge < -0.3 is 5.11 Å². The fourth-order valence-corrected chi connectivity index (χ4v) is 3.05. The van der Waals surface area contributed by atoms with E-state index in [9.17, 15) is 19.5 Å². The molecule has 0 bridgehead atoms. The first-order chi connectivity index (χ1) is 8.31. The summed E-state index contributed by atoms with van der Waals surface area (Å²) in [5.74, 6) is -1.72. The fraction of sp³-hybridized carbons (Fsp3) is 0.769. The zero-order chi connectivity index (χ0) is 13.6. The molecule has 0 atom stereocenters. The average Bonchev–Trinajstić information content (AvgIpc) is 2.49.